The number of imidazole rings is 1. The number of pyridine rings is 1. The van der Waals surface area contributed by atoms with Crippen LogP contribution in [0.25, 0.3) is 72.4 Å². The Morgan fingerprint density at radius 3 is 2.10 bits per heavy atom. The maximum absolute atomic E-state index is 8.85. The zero-order valence-electron chi connectivity index (χ0n) is 41.7. The van der Waals surface area contributed by atoms with E-state index in [1.165, 1.54) is 4.57 Å². The van der Waals surface area contributed by atoms with E-state index in [9.17, 15) is 0 Å². The fourth-order valence-electron chi connectivity index (χ4n) is 7.25. The van der Waals surface area contributed by atoms with Crippen molar-refractivity contribution >= 4 is 21.8 Å². The van der Waals surface area contributed by atoms with Gasteiger partial charge in [0.2, 0.25) is 0 Å². The first kappa shape index (κ1) is 27.8. The van der Waals surface area contributed by atoms with E-state index in [1.54, 1.807) is 53.4 Å². The SMILES string of the molecule is [2H]c1c([2H])c([2H])c(-c2cccc(-c3c([2H])c([2H])c([2H])c([2H])c3[2H])c2-[n+]2[c-]n(-c3[c-]c(Oc4[c-]c5c(cc4)c4cc(-c6ccccc6)ccc4n5-c4cc(C(C)C)ccn4)ccc3)cc2)c([2H])c1[2H].[Pt]. The molecular weight excluding hydrogens is 904 g/mol. The van der Waals surface area contributed by atoms with Crippen molar-refractivity contribution in [3.8, 4) is 62.1 Å². The predicted molar refractivity (Wildman–Crippen MR) is 233 cm³/mol. The molecule has 0 fully saturated rings. The van der Waals surface area contributed by atoms with Crippen molar-refractivity contribution in [3.63, 3.8) is 0 Å². The first-order chi connectivity index (χ1) is 32.7. The minimum atomic E-state index is -0.569. The van der Waals surface area contributed by atoms with Gasteiger partial charge in [0.15, 0.2) is 0 Å². The van der Waals surface area contributed by atoms with Crippen LogP contribution in [-0.4, -0.2) is 14.1 Å². The molecule has 0 saturated heterocycles. The molecular formula is C53H38N4OPt-2. The summed E-state index contributed by atoms with van der Waals surface area (Å²) in [5.74, 6) is 1.83. The number of hydrogen-bond donors (Lipinski definition) is 0. The molecule has 3 heterocycles. The van der Waals surface area contributed by atoms with Crippen LogP contribution in [0.15, 0.2) is 188 Å². The Balaban J connectivity index is 0.00000593. The molecule has 7 aromatic carbocycles. The van der Waals surface area contributed by atoms with Crippen LogP contribution >= 0.6 is 0 Å². The minimum Gasteiger partial charge on any atom is -0.510 e. The van der Waals surface area contributed by atoms with E-state index in [0.29, 0.717) is 17.2 Å². The summed E-state index contributed by atoms with van der Waals surface area (Å²) >= 11 is 0. The molecule has 0 spiro atoms. The van der Waals surface area contributed by atoms with Crippen LogP contribution in [0.2, 0.25) is 0 Å². The van der Waals surface area contributed by atoms with Crippen LogP contribution < -0.4 is 9.30 Å². The van der Waals surface area contributed by atoms with Gasteiger partial charge in [0.25, 0.3) is 6.33 Å². The van der Waals surface area contributed by atoms with Crippen LogP contribution in [0.4, 0.5) is 0 Å². The van der Waals surface area contributed by atoms with Gasteiger partial charge in [-0.15, -0.1) is 29.7 Å². The Bertz CT molecular complexity index is 3520. The van der Waals surface area contributed by atoms with E-state index < -0.39 is 60.4 Å². The molecule has 288 valence electrons. The van der Waals surface area contributed by atoms with Crippen LogP contribution in [-0.2, 0) is 21.1 Å². The van der Waals surface area contributed by atoms with Crippen molar-refractivity contribution in [2.45, 2.75) is 19.8 Å². The molecule has 0 aliphatic rings. The van der Waals surface area contributed by atoms with E-state index in [-0.39, 0.29) is 54.9 Å². The number of fused-ring (bicyclic) bond motifs is 3. The van der Waals surface area contributed by atoms with Gasteiger partial charge in [0, 0.05) is 56.7 Å². The van der Waals surface area contributed by atoms with Gasteiger partial charge < -0.3 is 13.9 Å². The van der Waals surface area contributed by atoms with Gasteiger partial charge in [0.05, 0.1) is 19.4 Å². The average molecular weight is 952 g/mol. The quantitative estimate of drug-likeness (QED) is 0.107. The molecule has 10 rings (SSSR count). The third kappa shape index (κ3) is 7.31. The fourth-order valence-corrected chi connectivity index (χ4v) is 7.25. The second-order valence-corrected chi connectivity index (χ2v) is 14.0. The first-order valence-electron chi connectivity index (χ1n) is 23.7. The molecule has 5 nitrogen and oxygen atoms in total. The molecule has 0 N–H and O–H groups in total. The Morgan fingerprint density at radius 1 is 0.661 bits per heavy atom. The van der Waals surface area contributed by atoms with Crippen molar-refractivity contribution in [2.75, 3.05) is 0 Å². The Labute approximate surface area is 372 Å². The summed E-state index contributed by atoms with van der Waals surface area (Å²) in [6, 6.07) is 36.3. The van der Waals surface area contributed by atoms with E-state index in [2.05, 4.69) is 73.3 Å². The van der Waals surface area contributed by atoms with Crippen molar-refractivity contribution in [2.24, 2.45) is 0 Å². The molecule has 0 aliphatic carbocycles. The number of nitrogens with zero attached hydrogens (tertiary/aromatic N) is 4. The summed E-state index contributed by atoms with van der Waals surface area (Å²) in [4.78, 5) is 4.81. The smallest absolute Gasteiger partial charge is 0.267 e. The normalized spacial score (nSPS) is 13.6. The maximum atomic E-state index is 8.85. The Morgan fingerprint density at radius 2 is 1.37 bits per heavy atom. The van der Waals surface area contributed by atoms with Crippen molar-refractivity contribution in [3.05, 3.63) is 212 Å². The number of aromatic nitrogens is 4. The maximum Gasteiger partial charge on any atom is 0.267 e. The Kier molecular flexibility index (Phi) is 7.63. The average Bonchev–Trinajstić information content (AvgIpc) is 3.97. The second kappa shape index (κ2) is 16.2. The standard InChI is InChI=1S/C53H38N4O.Pt/c1-37(2)41-28-29-54-52(33-41)57-50-27-24-42(38-14-6-3-7-15-38)32-49(50)48-26-25-45(35-51(48)57)58-44-21-12-20-43(34-44)55-30-31-56(36-55)53-46(39-16-8-4-9-17-39)22-13-23-47(53)40-18-10-5-11-19-40;/h3-33,37H,1-2H3;/q-2;/i4D,5D,8D,9D,10D,11D,16D,17D,18D,19D;. The van der Waals surface area contributed by atoms with E-state index in [4.69, 9.17) is 23.4 Å². The van der Waals surface area contributed by atoms with Crippen molar-refractivity contribution in [1.29, 1.82) is 0 Å². The van der Waals surface area contributed by atoms with Gasteiger partial charge >= 0.3 is 0 Å². The van der Waals surface area contributed by atoms with E-state index in [1.807, 2.05) is 42.6 Å². The van der Waals surface area contributed by atoms with Crippen molar-refractivity contribution < 1.29 is 44.1 Å². The van der Waals surface area contributed by atoms with Crippen LogP contribution in [0.3, 0.4) is 0 Å². The van der Waals surface area contributed by atoms with E-state index in [0.717, 1.165) is 44.3 Å². The monoisotopic (exact) mass is 951 g/mol. The molecule has 0 amide bonds. The summed E-state index contributed by atoms with van der Waals surface area (Å²) in [7, 11) is 0. The van der Waals surface area contributed by atoms with Gasteiger partial charge in [-0.05, 0) is 74.1 Å². The van der Waals surface area contributed by atoms with Gasteiger partial charge in [-0.1, -0.05) is 140 Å². The largest absolute Gasteiger partial charge is 0.510 e. The number of hydrogen-bond acceptors (Lipinski definition) is 2. The minimum absolute atomic E-state index is 0. The molecule has 6 heteroatoms. The summed E-state index contributed by atoms with van der Waals surface area (Å²) in [5, 5.41) is 2.01. The zero-order valence-corrected chi connectivity index (χ0v) is 34.0. The molecule has 0 unspecified atom stereocenters. The first-order valence-corrected chi connectivity index (χ1v) is 18.7. The topological polar surface area (TPSA) is 35.9 Å². The molecule has 0 aliphatic heterocycles. The third-order valence-corrected chi connectivity index (χ3v) is 10.1. The molecule has 59 heavy (non-hydrogen) atoms. The van der Waals surface area contributed by atoms with Crippen molar-refractivity contribution in [1.82, 2.24) is 14.1 Å². The number of para-hydroxylation sites is 1. The van der Waals surface area contributed by atoms with Gasteiger partial charge in [-0.2, -0.15) is 18.2 Å². The molecule has 0 radical (unpaired) electrons. The summed E-state index contributed by atoms with van der Waals surface area (Å²) in [5.41, 5.74) is 5.76. The van der Waals surface area contributed by atoms with E-state index >= 15 is 0 Å². The number of benzene rings is 7. The molecule has 10 aromatic rings. The van der Waals surface area contributed by atoms with Crippen LogP contribution in [0.5, 0.6) is 11.5 Å². The zero-order chi connectivity index (χ0) is 47.7. The van der Waals surface area contributed by atoms with Crippen LogP contribution in [0, 0.1) is 18.5 Å². The fraction of sp³-hybridized carbons (Fsp3) is 0.0566. The predicted octanol–water partition coefficient (Wildman–Crippen LogP) is 12.6. The van der Waals surface area contributed by atoms with Gasteiger partial charge in [-0.25, -0.2) is 4.98 Å². The molecule has 0 saturated carbocycles. The summed E-state index contributed by atoms with van der Waals surface area (Å²) in [6.45, 7) is 4.30. The summed E-state index contributed by atoms with van der Waals surface area (Å²) < 4.78 is 97.3. The summed E-state index contributed by atoms with van der Waals surface area (Å²) in [6.07, 6.45) is 8.34. The number of ether oxygens (including phenoxy) is 1. The molecule has 0 atom stereocenters. The Hall–Kier alpha value is -6.81. The third-order valence-electron chi connectivity index (χ3n) is 10.1. The van der Waals surface area contributed by atoms with Crippen LogP contribution in [0.1, 0.15) is 39.0 Å². The molecule has 0 bridgehead atoms. The number of rotatable bonds is 9. The van der Waals surface area contributed by atoms with Gasteiger partial charge in [-0.3, -0.25) is 4.57 Å². The second-order valence-electron chi connectivity index (χ2n) is 14.0. The molecule has 3 aromatic heterocycles. The van der Waals surface area contributed by atoms with Gasteiger partial charge in [0.1, 0.15) is 5.82 Å².